The summed E-state index contributed by atoms with van der Waals surface area (Å²) in [6.45, 7) is 4.73. The minimum atomic E-state index is -0.0789. The van der Waals surface area contributed by atoms with Gasteiger partial charge in [-0.1, -0.05) is 214 Å². The molecule has 0 radical (unpaired) electrons. The van der Waals surface area contributed by atoms with Crippen LogP contribution in [-0.4, -0.2) is 0 Å². The third-order valence-electron chi connectivity index (χ3n) is 14.6. The number of fused-ring (bicyclic) bond motifs is 10. The molecule has 0 spiro atoms. The average molecular weight is 866 g/mol. The van der Waals surface area contributed by atoms with E-state index in [0.29, 0.717) is 0 Å². The summed E-state index contributed by atoms with van der Waals surface area (Å²) < 4.78 is 0. The van der Waals surface area contributed by atoms with Gasteiger partial charge in [0.25, 0.3) is 0 Å². The molecule has 320 valence electrons. The smallest absolute Gasteiger partial charge is 0.0540 e. The van der Waals surface area contributed by atoms with Gasteiger partial charge in [0, 0.05) is 22.2 Å². The Morgan fingerprint density at radius 2 is 0.838 bits per heavy atom. The molecule has 0 aromatic heterocycles. The fourth-order valence-corrected chi connectivity index (χ4v) is 11.4. The molecule has 0 amide bonds. The third kappa shape index (κ3) is 6.31. The van der Waals surface area contributed by atoms with Crippen molar-refractivity contribution in [2.24, 2.45) is 0 Å². The molecule has 0 fully saturated rings. The van der Waals surface area contributed by atoms with Crippen LogP contribution in [0.25, 0.3) is 98.7 Å². The van der Waals surface area contributed by atoms with Gasteiger partial charge in [0.15, 0.2) is 0 Å². The van der Waals surface area contributed by atoms with Gasteiger partial charge in [-0.3, -0.25) is 0 Å². The predicted octanol–water partition coefficient (Wildman–Crippen LogP) is 18.7. The van der Waals surface area contributed by atoms with E-state index in [9.17, 15) is 0 Å². The van der Waals surface area contributed by atoms with Gasteiger partial charge in [0.05, 0.1) is 5.69 Å². The van der Waals surface area contributed by atoms with Crippen molar-refractivity contribution in [3.05, 3.63) is 260 Å². The molecular weight excluding hydrogens is 819 g/mol. The van der Waals surface area contributed by atoms with Crippen LogP contribution in [0.2, 0.25) is 0 Å². The van der Waals surface area contributed by atoms with Crippen molar-refractivity contribution < 1.29 is 0 Å². The maximum atomic E-state index is 2.46. The van der Waals surface area contributed by atoms with Gasteiger partial charge >= 0.3 is 0 Å². The maximum Gasteiger partial charge on any atom is 0.0540 e. The Morgan fingerprint density at radius 1 is 0.294 bits per heavy atom. The lowest BCUT2D eigenvalue weighted by Gasteiger charge is -2.27. The number of hydrogen-bond acceptors (Lipinski definition) is 1. The normalized spacial score (nSPS) is 12.7. The average Bonchev–Trinajstić information content (AvgIpc) is 3.64. The van der Waals surface area contributed by atoms with E-state index in [2.05, 4.69) is 267 Å². The lowest BCUT2D eigenvalue weighted by Crippen LogP contribution is -2.14. The van der Waals surface area contributed by atoms with Crippen molar-refractivity contribution in [1.82, 2.24) is 0 Å². The largest absolute Gasteiger partial charge is 0.310 e. The molecule has 12 aromatic carbocycles. The Labute approximate surface area is 397 Å². The van der Waals surface area contributed by atoms with E-state index in [4.69, 9.17) is 0 Å². The lowest BCUT2D eigenvalue weighted by molar-refractivity contribution is 0.660. The molecule has 1 aliphatic rings. The van der Waals surface area contributed by atoms with Crippen molar-refractivity contribution in [2.45, 2.75) is 19.3 Å². The van der Waals surface area contributed by atoms with Crippen molar-refractivity contribution in [3.8, 4) is 55.6 Å². The van der Waals surface area contributed by atoms with Crippen LogP contribution in [0.1, 0.15) is 25.0 Å². The number of benzene rings is 12. The first-order valence-electron chi connectivity index (χ1n) is 23.8. The monoisotopic (exact) mass is 865 g/mol. The zero-order valence-electron chi connectivity index (χ0n) is 38.1. The molecule has 0 N–H and O–H groups in total. The zero-order valence-corrected chi connectivity index (χ0v) is 38.1. The predicted molar refractivity (Wildman–Crippen MR) is 290 cm³/mol. The molecule has 0 heterocycles. The van der Waals surface area contributed by atoms with Gasteiger partial charge < -0.3 is 4.90 Å². The third-order valence-corrected chi connectivity index (χ3v) is 14.6. The van der Waals surface area contributed by atoms with Crippen molar-refractivity contribution in [3.63, 3.8) is 0 Å². The molecule has 0 atom stereocenters. The van der Waals surface area contributed by atoms with Crippen molar-refractivity contribution in [2.75, 3.05) is 4.90 Å². The fraction of sp³-hybridized carbons (Fsp3) is 0.0448. The summed E-state index contributed by atoms with van der Waals surface area (Å²) >= 11 is 0. The summed E-state index contributed by atoms with van der Waals surface area (Å²) in [5.41, 5.74) is 18.5. The number of anilines is 3. The first-order chi connectivity index (χ1) is 33.5. The quantitative estimate of drug-likeness (QED) is 0.144. The summed E-state index contributed by atoms with van der Waals surface area (Å²) in [7, 11) is 0. The lowest BCUT2D eigenvalue weighted by atomic mass is 9.80. The van der Waals surface area contributed by atoms with Crippen LogP contribution in [0.4, 0.5) is 17.1 Å². The van der Waals surface area contributed by atoms with Gasteiger partial charge in [0.2, 0.25) is 0 Å². The van der Waals surface area contributed by atoms with E-state index in [1.165, 1.54) is 110 Å². The van der Waals surface area contributed by atoms with Crippen LogP contribution in [0.5, 0.6) is 0 Å². The molecule has 0 saturated carbocycles. The molecule has 68 heavy (non-hydrogen) atoms. The highest BCUT2D eigenvalue weighted by Gasteiger charge is 2.35. The molecule has 13 rings (SSSR count). The summed E-state index contributed by atoms with van der Waals surface area (Å²) in [6, 6.07) is 92.0. The Morgan fingerprint density at radius 3 is 1.62 bits per heavy atom. The maximum absolute atomic E-state index is 2.46. The van der Waals surface area contributed by atoms with E-state index < -0.39 is 0 Å². The number of para-hydroxylation sites is 1. The number of nitrogens with zero attached hydrogens (tertiary/aromatic N) is 1. The Balaban J connectivity index is 1.07. The van der Waals surface area contributed by atoms with Gasteiger partial charge in [0.1, 0.15) is 0 Å². The van der Waals surface area contributed by atoms with E-state index in [0.717, 1.165) is 17.1 Å². The van der Waals surface area contributed by atoms with E-state index >= 15 is 0 Å². The number of hydrogen-bond donors (Lipinski definition) is 0. The summed E-state index contributed by atoms with van der Waals surface area (Å²) in [5.74, 6) is 0. The molecular formula is C67H47N. The molecule has 1 nitrogen and oxygen atoms in total. The Hall–Kier alpha value is -8.52. The Kier molecular flexibility index (Phi) is 9.27. The summed E-state index contributed by atoms with van der Waals surface area (Å²) in [4.78, 5) is 2.39. The minimum absolute atomic E-state index is 0.0789. The molecule has 0 unspecified atom stereocenters. The van der Waals surface area contributed by atoms with Crippen LogP contribution in [0.15, 0.2) is 249 Å². The minimum Gasteiger partial charge on any atom is -0.310 e. The highest BCUT2D eigenvalue weighted by Crippen LogP contribution is 2.52. The van der Waals surface area contributed by atoms with Crippen LogP contribution in [0.3, 0.4) is 0 Å². The van der Waals surface area contributed by atoms with Gasteiger partial charge in [-0.05, 0) is 153 Å². The SMILES string of the molecule is CC1(C)c2ccccc2-c2ccc(-c3ccc4c(c3)c3ccccc3c3c(-c5ccc(N(c6ccccc6)c6cccc7ccccc67)cc5)cc(-c5ccccc5)c(-c5ccccc5)c43)cc21. The molecule has 1 heteroatoms. The second-order valence-corrected chi connectivity index (χ2v) is 18.8. The molecule has 0 bridgehead atoms. The van der Waals surface area contributed by atoms with Crippen LogP contribution in [0, 0.1) is 0 Å². The van der Waals surface area contributed by atoms with Gasteiger partial charge in [-0.25, -0.2) is 0 Å². The molecule has 0 aliphatic heterocycles. The molecule has 1 aliphatic carbocycles. The van der Waals surface area contributed by atoms with Crippen LogP contribution < -0.4 is 4.90 Å². The van der Waals surface area contributed by atoms with Gasteiger partial charge in [-0.2, -0.15) is 0 Å². The highest BCUT2D eigenvalue weighted by molar-refractivity contribution is 6.33. The number of rotatable bonds is 7. The van der Waals surface area contributed by atoms with E-state index in [-0.39, 0.29) is 5.41 Å². The van der Waals surface area contributed by atoms with Gasteiger partial charge in [-0.15, -0.1) is 0 Å². The summed E-state index contributed by atoms with van der Waals surface area (Å²) in [6.07, 6.45) is 0. The van der Waals surface area contributed by atoms with Crippen molar-refractivity contribution >= 4 is 60.2 Å². The second-order valence-electron chi connectivity index (χ2n) is 18.8. The first-order valence-corrected chi connectivity index (χ1v) is 23.8. The van der Waals surface area contributed by atoms with E-state index in [1.807, 2.05) is 0 Å². The zero-order chi connectivity index (χ0) is 45.3. The van der Waals surface area contributed by atoms with Crippen LogP contribution >= 0.6 is 0 Å². The van der Waals surface area contributed by atoms with E-state index in [1.54, 1.807) is 0 Å². The first kappa shape index (κ1) is 39.8. The second kappa shape index (κ2) is 15.8. The van der Waals surface area contributed by atoms with Crippen LogP contribution in [-0.2, 0) is 5.41 Å². The van der Waals surface area contributed by atoms with Crippen molar-refractivity contribution in [1.29, 1.82) is 0 Å². The Bertz CT molecular complexity index is 3900. The molecule has 12 aromatic rings. The molecule has 0 saturated heterocycles. The summed E-state index contributed by atoms with van der Waals surface area (Å²) in [5, 5.41) is 9.96. The highest BCUT2D eigenvalue weighted by atomic mass is 15.1. The fourth-order valence-electron chi connectivity index (χ4n) is 11.4. The topological polar surface area (TPSA) is 3.24 Å². The standard InChI is InChI=1S/C67H47N/c1-67(2)61-31-17-16-29-54(61)55-39-35-49(42-62(55)67)48-36-40-57-60(41-48)53-28-14-15-30-56(53)65-59(43-58(45-19-6-3-7-20-45)64(66(57)65)47-22-8-4-9-23-47)46-33-37-51(38-34-46)68(50-25-10-5-11-26-50)63-32-18-24-44-21-12-13-27-52(44)63/h3-43H,1-2H3.